The van der Waals surface area contributed by atoms with Gasteiger partial charge in [0.25, 0.3) is 0 Å². The van der Waals surface area contributed by atoms with Gasteiger partial charge in [-0.25, -0.2) is 0 Å². The van der Waals surface area contributed by atoms with E-state index in [1.54, 1.807) is 0 Å². The van der Waals surface area contributed by atoms with Crippen molar-refractivity contribution < 1.29 is 0 Å². The number of rotatable bonds is 10. The molecule has 0 radical (unpaired) electrons. The molecule has 0 aromatic heterocycles. The molecule has 3 nitrogen and oxygen atoms in total. The van der Waals surface area contributed by atoms with Crippen molar-refractivity contribution in [1.29, 1.82) is 0 Å². The minimum Gasteiger partial charge on any atom is -0.303 e. The molecule has 4 heteroatoms. The van der Waals surface area contributed by atoms with Gasteiger partial charge in [-0.3, -0.25) is 4.90 Å². The fourth-order valence-electron chi connectivity index (χ4n) is 3.16. The number of hydrogen-bond donors (Lipinski definition) is 0. The maximum atomic E-state index is 5.81. The minimum absolute atomic E-state index is 0.763. The Morgan fingerprint density at radius 3 is 1.76 bits per heavy atom. The van der Waals surface area contributed by atoms with Crippen LogP contribution in [0, 0.1) is 11.8 Å². The summed E-state index contributed by atoms with van der Waals surface area (Å²) in [5, 5.41) is 0. The van der Waals surface area contributed by atoms with Crippen LogP contribution in [0.25, 0.3) is 0 Å². The van der Waals surface area contributed by atoms with Crippen molar-refractivity contribution in [3.63, 3.8) is 0 Å². The first-order chi connectivity index (χ1) is 10.0. The summed E-state index contributed by atoms with van der Waals surface area (Å²) in [5.41, 5.74) is 0. The second-order valence-electron chi connectivity index (χ2n) is 7.27. The van der Waals surface area contributed by atoms with Crippen LogP contribution in [0.4, 0.5) is 0 Å². The molecule has 1 rings (SSSR count). The summed E-state index contributed by atoms with van der Waals surface area (Å²) >= 11 is 5.81. The van der Waals surface area contributed by atoms with Gasteiger partial charge in [0, 0.05) is 51.7 Å². The fraction of sp³-hybridized carbons (Fsp3) is 1.00. The number of piperazine rings is 1. The molecule has 0 spiro atoms. The summed E-state index contributed by atoms with van der Waals surface area (Å²) < 4.78 is 0. The zero-order valence-electron chi connectivity index (χ0n) is 14.7. The van der Waals surface area contributed by atoms with Gasteiger partial charge in [0.15, 0.2) is 0 Å². The maximum Gasteiger partial charge on any atom is 0.0351 e. The summed E-state index contributed by atoms with van der Waals surface area (Å²) in [6, 6.07) is 0. The average molecular weight is 318 g/mol. The molecule has 0 aromatic rings. The van der Waals surface area contributed by atoms with Crippen LogP contribution in [-0.4, -0.2) is 79.5 Å². The predicted molar refractivity (Wildman–Crippen MR) is 94.3 cm³/mol. The maximum absolute atomic E-state index is 5.81. The largest absolute Gasteiger partial charge is 0.303 e. The van der Waals surface area contributed by atoms with Crippen molar-refractivity contribution in [2.75, 3.05) is 64.8 Å². The van der Waals surface area contributed by atoms with E-state index in [1.807, 2.05) is 0 Å². The second-order valence-corrected chi connectivity index (χ2v) is 7.65. The summed E-state index contributed by atoms with van der Waals surface area (Å²) in [5.74, 6) is 2.30. The van der Waals surface area contributed by atoms with E-state index in [0.717, 1.165) is 24.3 Å². The lowest BCUT2D eigenvalue weighted by Gasteiger charge is -2.35. The number of hydrogen-bond acceptors (Lipinski definition) is 3. The Morgan fingerprint density at radius 2 is 1.33 bits per heavy atom. The van der Waals surface area contributed by atoms with Gasteiger partial charge >= 0.3 is 0 Å². The van der Waals surface area contributed by atoms with Gasteiger partial charge in [0.05, 0.1) is 0 Å². The van der Waals surface area contributed by atoms with Gasteiger partial charge in [-0.2, -0.15) is 0 Å². The molecule has 0 amide bonds. The van der Waals surface area contributed by atoms with Crippen LogP contribution in [0.15, 0.2) is 0 Å². The van der Waals surface area contributed by atoms with E-state index in [-0.39, 0.29) is 0 Å². The van der Waals surface area contributed by atoms with Crippen LogP contribution in [0.2, 0.25) is 0 Å². The Labute approximate surface area is 137 Å². The molecule has 0 unspecified atom stereocenters. The van der Waals surface area contributed by atoms with Crippen molar-refractivity contribution in [3.05, 3.63) is 0 Å². The van der Waals surface area contributed by atoms with Crippen LogP contribution in [0.5, 0.6) is 0 Å². The Hall–Kier alpha value is 0.170. The molecule has 0 saturated carbocycles. The Balaban J connectivity index is 2.18. The molecule has 0 aliphatic carbocycles. The molecule has 0 N–H and O–H groups in total. The average Bonchev–Trinajstić information content (AvgIpc) is 2.39. The molecule has 1 fully saturated rings. The van der Waals surface area contributed by atoms with Crippen molar-refractivity contribution >= 4 is 11.6 Å². The molecular formula is C17H36ClN3. The zero-order chi connectivity index (χ0) is 15.7. The molecule has 126 valence electrons. The number of alkyl halides is 1. The second kappa shape index (κ2) is 10.8. The van der Waals surface area contributed by atoms with E-state index in [2.05, 4.69) is 42.4 Å². The van der Waals surface area contributed by atoms with Gasteiger partial charge in [0.2, 0.25) is 0 Å². The van der Waals surface area contributed by atoms with E-state index in [0.29, 0.717) is 0 Å². The van der Waals surface area contributed by atoms with Crippen LogP contribution >= 0.6 is 11.6 Å². The van der Waals surface area contributed by atoms with Gasteiger partial charge in [0.1, 0.15) is 0 Å². The third-order valence-corrected chi connectivity index (χ3v) is 4.23. The molecule has 1 saturated heterocycles. The van der Waals surface area contributed by atoms with Gasteiger partial charge in [-0.15, -0.1) is 11.6 Å². The highest BCUT2D eigenvalue weighted by Gasteiger charge is 2.16. The number of halogens is 1. The first kappa shape index (κ1) is 19.2. The van der Waals surface area contributed by atoms with Crippen molar-refractivity contribution in [2.24, 2.45) is 11.8 Å². The molecule has 1 heterocycles. The summed E-state index contributed by atoms with van der Waals surface area (Å²) in [7, 11) is 0. The van der Waals surface area contributed by atoms with E-state index in [9.17, 15) is 0 Å². The first-order valence-corrected chi connectivity index (χ1v) is 9.27. The third-order valence-electron chi connectivity index (χ3n) is 4.06. The highest BCUT2D eigenvalue weighted by molar-refractivity contribution is 6.18. The van der Waals surface area contributed by atoms with Crippen LogP contribution in [-0.2, 0) is 0 Å². The normalized spacial score (nSPS) is 18.3. The van der Waals surface area contributed by atoms with Gasteiger partial charge in [-0.1, -0.05) is 27.7 Å². The summed E-state index contributed by atoms with van der Waals surface area (Å²) in [6.07, 6.45) is 1.30. The van der Waals surface area contributed by atoms with Crippen molar-refractivity contribution in [3.8, 4) is 0 Å². The lowest BCUT2D eigenvalue weighted by molar-refractivity contribution is 0.129. The summed E-state index contributed by atoms with van der Waals surface area (Å²) in [6.45, 7) is 20.1. The summed E-state index contributed by atoms with van der Waals surface area (Å²) in [4.78, 5) is 7.75. The predicted octanol–water partition coefficient (Wildman–Crippen LogP) is 2.85. The molecule has 0 aromatic carbocycles. The quantitative estimate of drug-likeness (QED) is 0.574. The van der Waals surface area contributed by atoms with E-state index >= 15 is 0 Å². The molecular weight excluding hydrogens is 282 g/mol. The lowest BCUT2D eigenvalue weighted by Crippen LogP contribution is -2.47. The molecule has 0 bridgehead atoms. The molecule has 1 aliphatic rings. The van der Waals surface area contributed by atoms with E-state index < -0.39 is 0 Å². The SMILES string of the molecule is CC(C)CN(CCCN1CCN(CCCl)CC1)CC(C)C. The van der Waals surface area contributed by atoms with Gasteiger partial charge in [-0.05, 0) is 31.3 Å². The van der Waals surface area contributed by atoms with Crippen molar-refractivity contribution in [2.45, 2.75) is 34.1 Å². The van der Waals surface area contributed by atoms with Crippen molar-refractivity contribution in [1.82, 2.24) is 14.7 Å². The van der Waals surface area contributed by atoms with Crippen LogP contribution in [0.3, 0.4) is 0 Å². The van der Waals surface area contributed by atoms with E-state index in [1.165, 1.54) is 58.8 Å². The minimum atomic E-state index is 0.763. The number of nitrogens with zero attached hydrogens (tertiary/aromatic N) is 3. The highest BCUT2D eigenvalue weighted by atomic mass is 35.5. The van der Waals surface area contributed by atoms with E-state index in [4.69, 9.17) is 11.6 Å². The molecule has 21 heavy (non-hydrogen) atoms. The molecule has 1 aliphatic heterocycles. The Morgan fingerprint density at radius 1 is 0.857 bits per heavy atom. The van der Waals surface area contributed by atoms with Crippen LogP contribution in [0.1, 0.15) is 34.1 Å². The molecule has 0 atom stereocenters. The highest BCUT2D eigenvalue weighted by Crippen LogP contribution is 2.07. The van der Waals surface area contributed by atoms with Gasteiger partial charge < -0.3 is 9.80 Å². The zero-order valence-corrected chi connectivity index (χ0v) is 15.4. The monoisotopic (exact) mass is 317 g/mol. The smallest absolute Gasteiger partial charge is 0.0351 e. The fourth-order valence-corrected chi connectivity index (χ4v) is 3.40. The lowest BCUT2D eigenvalue weighted by atomic mass is 10.1. The van der Waals surface area contributed by atoms with Crippen LogP contribution < -0.4 is 0 Å². The topological polar surface area (TPSA) is 9.72 Å². The Bertz CT molecular complexity index is 240. The standard InChI is InChI=1S/C17H36ClN3/c1-16(2)14-21(15-17(3)4)8-5-7-19-10-12-20(9-6-18)13-11-19/h16-17H,5-15H2,1-4H3. The Kier molecular flexibility index (Phi) is 9.90. The first-order valence-electron chi connectivity index (χ1n) is 8.74. The third kappa shape index (κ3) is 9.02.